The van der Waals surface area contributed by atoms with Crippen LogP contribution in [0.1, 0.15) is 22.3 Å². The molecule has 1 aromatic carbocycles. The van der Waals surface area contributed by atoms with Crippen LogP contribution in [0, 0.1) is 20.8 Å². The van der Waals surface area contributed by atoms with Gasteiger partial charge in [0.1, 0.15) is 5.75 Å². The van der Waals surface area contributed by atoms with Gasteiger partial charge in [0, 0.05) is 6.54 Å². The van der Waals surface area contributed by atoms with Crippen LogP contribution in [0.3, 0.4) is 0 Å². The van der Waals surface area contributed by atoms with Crippen LogP contribution < -0.4 is 10.1 Å². The van der Waals surface area contributed by atoms with Crippen molar-refractivity contribution in [1.82, 2.24) is 5.32 Å². The highest BCUT2D eigenvalue weighted by molar-refractivity contribution is 7.96. The van der Waals surface area contributed by atoms with E-state index in [1.807, 2.05) is 26.8 Å². The zero-order chi connectivity index (χ0) is 12.3. The minimum atomic E-state index is -0.314. The van der Waals surface area contributed by atoms with Crippen LogP contribution in [0.4, 0.5) is 4.79 Å². The van der Waals surface area contributed by atoms with E-state index in [4.69, 9.17) is 4.74 Å². The lowest BCUT2D eigenvalue weighted by Gasteiger charge is -2.15. The van der Waals surface area contributed by atoms with Gasteiger partial charge >= 0.3 is 0 Å². The smallest absolute Gasteiger partial charge is 0.276 e. The van der Waals surface area contributed by atoms with Gasteiger partial charge < -0.3 is 10.1 Å². The highest BCUT2D eigenvalue weighted by Gasteiger charge is 2.10. The zero-order valence-electron chi connectivity index (χ0n) is 10.0. The van der Waals surface area contributed by atoms with Crippen LogP contribution in [-0.4, -0.2) is 12.3 Å². The minimum absolute atomic E-state index is 0.314. The molecule has 0 heterocycles. The highest BCUT2D eigenvalue weighted by atomic mass is 32.1. The predicted molar refractivity (Wildman–Crippen MR) is 68.4 cm³/mol. The average Bonchev–Trinajstić information content (AvgIpc) is 2.22. The molecule has 0 aliphatic heterocycles. The Morgan fingerprint density at radius 1 is 1.38 bits per heavy atom. The molecule has 0 aromatic heterocycles. The summed E-state index contributed by atoms with van der Waals surface area (Å²) in [6.07, 6.45) is 0. The molecule has 0 atom stereocenters. The van der Waals surface area contributed by atoms with Crippen LogP contribution >= 0.6 is 12.6 Å². The molecule has 16 heavy (non-hydrogen) atoms. The lowest BCUT2D eigenvalue weighted by Crippen LogP contribution is -2.17. The molecule has 88 valence electrons. The fourth-order valence-corrected chi connectivity index (χ4v) is 1.89. The van der Waals surface area contributed by atoms with Crippen molar-refractivity contribution in [3.8, 4) is 5.75 Å². The first kappa shape index (κ1) is 12.9. The van der Waals surface area contributed by atoms with Crippen molar-refractivity contribution in [2.24, 2.45) is 0 Å². The molecule has 0 bridgehead atoms. The van der Waals surface area contributed by atoms with Gasteiger partial charge in [-0.05, 0) is 43.0 Å². The summed E-state index contributed by atoms with van der Waals surface area (Å²) in [7, 11) is 1.67. The lowest BCUT2D eigenvalue weighted by atomic mass is 9.98. The molecular formula is C12H17NO2S. The summed E-state index contributed by atoms with van der Waals surface area (Å²) in [6, 6.07) is 2.03. The van der Waals surface area contributed by atoms with Crippen LogP contribution in [0.5, 0.6) is 5.75 Å². The molecule has 1 N–H and O–H groups in total. The first-order valence-corrected chi connectivity index (χ1v) is 5.52. The number of methoxy groups -OCH3 is 1. The van der Waals surface area contributed by atoms with Crippen molar-refractivity contribution >= 4 is 17.9 Å². The van der Waals surface area contributed by atoms with Gasteiger partial charge in [-0.25, -0.2) is 0 Å². The summed E-state index contributed by atoms with van der Waals surface area (Å²) in [5.41, 5.74) is 4.43. The molecule has 0 saturated carbocycles. The van der Waals surface area contributed by atoms with Gasteiger partial charge in [0.2, 0.25) is 0 Å². The monoisotopic (exact) mass is 239 g/mol. The number of thiol groups is 1. The zero-order valence-corrected chi connectivity index (χ0v) is 10.9. The van der Waals surface area contributed by atoms with E-state index in [0.29, 0.717) is 6.54 Å². The van der Waals surface area contributed by atoms with E-state index in [2.05, 4.69) is 17.9 Å². The van der Waals surface area contributed by atoms with Crippen LogP contribution in [0.15, 0.2) is 6.07 Å². The molecule has 0 unspecified atom stereocenters. The van der Waals surface area contributed by atoms with Crippen molar-refractivity contribution in [2.45, 2.75) is 27.3 Å². The summed E-state index contributed by atoms with van der Waals surface area (Å²) in [4.78, 5) is 10.7. The molecule has 3 nitrogen and oxygen atoms in total. The summed E-state index contributed by atoms with van der Waals surface area (Å²) >= 11 is 3.68. The van der Waals surface area contributed by atoms with Gasteiger partial charge in [-0.1, -0.05) is 18.7 Å². The average molecular weight is 239 g/mol. The van der Waals surface area contributed by atoms with Crippen LogP contribution in [-0.2, 0) is 6.54 Å². The Hall–Kier alpha value is -1.16. The summed E-state index contributed by atoms with van der Waals surface area (Å²) < 4.78 is 5.33. The van der Waals surface area contributed by atoms with E-state index in [9.17, 15) is 4.79 Å². The fraction of sp³-hybridized carbons (Fsp3) is 0.417. The summed E-state index contributed by atoms with van der Waals surface area (Å²) in [5.74, 6) is 0.915. The maximum Gasteiger partial charge on any atom is 0.276 e. The molecule has 0 aliphatic rings. The van der Waals surface area contributed by atoms with E-state index < -0.39 is 0 Å². The van der Waals surface area contributed by atoms with Crippen molar-refractivity contribution < 1.29 is 9.53 Å². The van der Waals surface area contributed by atoms with Crippen molar-refractivity contribution in [1.29, 1.82) is 0 Å². The quantitative estimate of drug-likeness (QED) is 0.796. The second-order valence-electron chi connectivity index (χ2n) is 3.79. The van der Waals surface area contributed by atoms with E-state index in [1.165, 1.54) is 0 Å². The number of carbonyl (C=O) groups is 1. The third kappa shape index (κ3) is 2.70. The van der Waals surface area contributed by atoms with Gasteiger partial charge in [0.25, 0.3) is 5.24 Å². The summed E-state index contributed by atoms with van der Waals surface area (Å²) in [5, 5.41) is 2.36. The second-order valence-corrected chi connectivity index (χ2v) is 4.20. The number of hydrogen-bond donors (Lipinski definition) is 2. The Balaban J connectivity index is 3.08. The minimum Gasteiger partial charge on any atom is -0.496 e. The molecule has 0 saturated heterocycles. The Morgan fingerprint density at radius 3 is 2.50 bits per heavy atom. The van der Waals surface area contributed by atoms with Gasteiger partial charge in [0.15, 0.2) is 0 Å². The number of benzene rings is 1. The molecule has 4 heteroatoms. The SMILES string of the molecule is COc1c(C)cc(CNC(=O)S)c(C)c1C. The molecule has 1 amide bonds. The van der Waals surface area contributed by atoms with E-state index in [-0.39, 0.29) is 5.24 Å². The molecule has 0 aliphatic carbocycles. The molecule has 1 aromatic rings. The van der Waals surface area contributed by atoms with Crippen molar-refractivity contribution in [2.75, 3.05) is 7.11 Å². The number of nitrogens with one attached hydrogen (secondary N) is 1. The van der Waals surface area contributed by atoms with E-state index in [1.54, 1.807) is 7.11 Å². The van der Waals surface area contributed by atoms with Crippen molar-refractivity contribution in [3.63, 3.8) is 0 Å². The molecule has 0 fully saturated rings. The second kappa shape index (κ2) is 5.25. The normalized spacial score (nSPS) is 10.1. The Labute approximate surface area is 102 Å². The fourth-order valence-electron chi connectivity index (χ4n) is 1.81. The number of hydrogen-bond acceptors (Lipinski definition) is 2. The van der Waals surface area contributed by atoms with E-state index >= 15 is 0 Å². The Bertz CT molecular complexity index is 416. The third-order valence-electron chi connectivity index (χ3n) is 2.77. The number of amides is 1. The molecule has 0 radical (unpaired) electrons. The highest BCUT2D eigenvalue weighted by Crippen LogP contribution is 2.28. The van der Waals surface area contributed by atoms with Gasteiger partial charge in [-0.15, -0.1) is 0 Å². The van der Waals surface area contributed by atoms with E-state index in [0.717, 1.165) is 28.0 Å². The first-order valence-electron chi connectivity index (χ1n) is 5.07. The van der Waals surface area contributed by atoms with Gasteiger partial charge in [-0.2, -0.15) is 0 Å². The number of carbonyl (C=O) groups excluding carboxylic acids is 1. The number of ether oxygens (including phenoxy) is 1. The van der Waals surface area contributed by atoms with Crippen LogP contribution in [0.2, 0.25) is 0 Å². The maximum absolute atomic E-state index is 10.7. The summed E-state index contributed by atoms with van der Waals surface area (Å²) in [6.45, 7) is 6.54. The molecular weight excluding hydrogens is 222 g/mol. The third-order valence-corrected chi connectivity index (χ3v) is 2.93. The Morgan fingerprint density at radius 2 is 2.00 bits per heavy atom. The molecule has 1 rings (SSSR count). The van der Waals surface area contributed by atoms with Crippen molar-refractivity contribution in [3.05, 3.63) is 28.3 Å². The Kier molecular flexibility index (Phi) is 4.24. The predicted octanol–water partition coefficient (Wildman–Crippen LogP) is 2.76. The van der Waals surface area contributed by atoms with Gasteiger partial charge in [0.05, 0.1) is 7.11 Å². The topological polar surface area (TPSA) is 38.3 Å². The van der Waals surface area contributed by atoms with Crippen LogP contribution in [0.25, 0.3) is 0 Å². The van der Waals surface area contributed by atoms with Gasteiger partial charge in [-0.3, -0.25) is 4.79 Å². The number of aryl methyl sites for hydroxylation is 1. The first-order chi connectivity index (χ1) is 7.47. The lowest BCUT2D eigenvalue weighted by molar-refractivity contribution is 0.260. The molecule has 0 spiro atoms. The standard InChI is InChI=1S/C12H17NO2S/c1-7-5-10(6-13-12(14)16)8(2)9(3)11(7)15-4/h5H,6H2,1-4H3,(H2,13,14,16). The largest absolute Gasteiger partial charge is 0.496 e. The maximum atomic E-state index is 10.7. The number of rotatable bonds is 3.